The Labute approximate surface area is 105 Å². The fourth-order valence-electron chi connectivity index (χ4n) is 1.59. The summed E-state index contributed by atoms with van der Waals surface area (Å²) in [6.45, 7) is 0. The number of pyridine rings is 1. The molecule has 4 heteroatoms. The number of benzene rings is 1. The molecule has 92 valence electrons. The molecule has 0 aliphatic rings. The van der Waals surface area contributed by atoms with E-state index in [4.69, 9.17) is 0 Å². The minimum Gasteiger partial charge on any atom is -0.314 e. The molecule has 0 saturated carbocycles. The number of nitrogens with zero attached hydrogens (tertiary/aromatic N) is 2. The maximum absolute atomic E-state index is 12.7. The van der Waals surface area contributed by atoms with Gasteiger partial charge in [0, 0.05) is 13.2 Å². The van der Waals surface area contributed by atoms with Gasteiger partial charge in [0.15, 0.2) is 0 Å². The van der Waals surface area contributed by atoms with Crippen molar-refractivity contribution in [2.24, 2.45) is 0 Å². The number of carbonyl (C=O) groups excluding carboxylic acids is 1. The van der Waals surface area contributed by atoms with Gasteiger partial charge in [-0.1, -0.05) is 12.1 Å². The molecule has 0 atom stereocenters. The van der Waals surface area contributed by atoms with Crippen LogP contribution in [-0.4, -0.2) is 17.9 Å². The normalized spacial score (nSPS) is 10.1. The molecule has 0 N–H and O–H groups in total. The second-order valence-electron chi connectivity index (χ2n) is 3.97. The SMILES string of the molecule is CN(C(=O)Cc1ccc(F)cc1)c1cccnc1. The second-order valence-corrected chi connectivity index (χ2v) is 3.97. The Balaban J connectivity index is 2.06. The van der Waals surface area contributed by atoms with Crippen molar-refractivity contribution in [3.63, 3.8) is 0 Å². The summed E-state index contributed by atoms with van der Waals surface area (Å²) in [4.78, 5) is 17.5. The number of rotatable bonds is 3. The zero-order chi connectivity index (χ0) is 13.0. The van der Waals surface area contributed by atoms with Crippen LogP contribution in [0.3, 0.4) is 0 Å². The first-order chi connectivity index (χ1) is 8.66. The van der Waals surface area contributed by atoms with Gasteiger partial charge < -0.3 is 4.90 Å². The Morgan fingerprint density at radius 3 is 2.61 bits per heavy atom. The lowest BCUT2D eigenvalue weighted by molar-refractivity contribution is -0.117. The van der Waals surface area contributed by atoms with Crippen LogP contribution < -0.4 is 4.90 Å². The van der Waals surface area contributed by atoms with Gasteiger partial charge >= 0.3 is 0 Å². The molecule has 3 nitrogen and oxygen atoms in total. The van der Waals surface area contributed by atoms with Gasteiger partial charge in [0.2, 0.25) is 5.91 Å². The van der Waals surface area contributed by atoms with Crippen LogP contribution in [0.4, 0.5) is 10.1 Å². The monoisotopic (exact) mass is 244 g/mol. The highest BCUT2D eigenvalue weighted by molar-refractivity contribution is 5.94. The molecular weight excluding hydrogens is 231 g/mol. The number of aromatic nitrogens is 1. The van der Waals surface area contributed by atoms with Crippen LogP contribution in [0.15, 0.2) is 48.8 Å². The highest BCUT2D eigenvalue weighted by Gasteiger charge is 2.11. The molecule has 0 spiro atoms. The van der Waals surface area contributed by atoms with Gasteiger partial charge in [0.1, 0.15) is 5.82 Å². The first kappa shape index (κ1) is 12.2. The zero-order valence-corrected chi connectivity index (χ0v) is 10.0. The maximum Gasteiger partial charge on any atom is 0.231 e. The quantitative estimate of drug-likeness (QED) is 0.830. The fourth-order valence-corrected chi connectivity index (χ4v) is 1.59. The van der Waals surface area contributed by atoms with Crippen LogP contribution in [-0.2, 0) is 11.2 Å². The average molecular weight is 244 g/mol. The molecule has 1 heterocycles. The van der Waals surface area contributed by atoms with Crippen molar-refractivity contribution in [1.82, 2.24) is 4.98 Å². The summed E-state index contributed by atoms with van der Waals surface area (Å²) in [6, 6.07) is 9.53. The third-order valence-corrected chi connectivity index (χ3v) is 2.68. The number of amides is 1. The lowest BCUT2D eigenvalue weighted by Crippen LogP contribution is -2.27. The number of carbonyl (C=O) groups is 1. The predicted octanol–water partition coefficient (Wildman–Crippen LogP) is 2.43. The van der Waals surface area contributed by atoms with Crippen molar-refractivity contribution in [1.29, 1.82) is 0 Å². The van der Waals surface area contributed by atoms with E-state index < -0.39 is 0 Å². The summed E-state index contributed by atoms with van der Waals surface area (Å²) < 4.78 is 12.7. The molecule has 0 aliphatic carbocycles. The van der Waals surface area contributed by atoms with Gasteiger partial charge in [-0.25, -0.2) is 4.39 Å². The topological polar surface area (TPSA) is 33.2 Å². The van der Waals surface area contributed by atoms with Crippen molar-refractivity contribution in [2.45, 2.75) is 6.42 Å². The highest BCUT2D eigenvalue weighted by Crippen LogP contribution is 2.12. The van der Waals surface area contributed by atoms with E-state index >= 15 is 0 Å². The van der Waals surface area contributed by atoms with Gasteiger partial charge in [0.25, 0.3) is 0 Å². The summed E-state index contributed by atoms with van der Waals surface area (Å²) >= 11 is 0. The molecule has 0 radical (unpaired) electrons. The van der Waals surface area contributed by atoms with E-state index in [-0.39, 0.29) is 18.1 Å². The number of likely N-dealkylation sites (N-methyl/N-ethyl adjacent to an activating group) is 1. The molecule has 1 amide bonds. The summed E-state index contributed by atoms with van der Waals surface area (Å²) in [5.41, 5.74) is 1.53. The Morgan fingerprint density at radius 1 is 1.28 bits per heavy atom. The van der Waals surface area contributed by atoms with Gasteiger partial charge in [-0.15, -0.1) is 0 Å². The van der Waals surface area contributed by atoms with E-state index in [1.54, 1.807) is 37.6 Å². The van der Waals surface area contributed by atoms with Gasteiger partial charge in [-0.2, -0.15) is 0 Å². The van der Waals surface area contributed by atoms with E-state index in [9.17, 15) is 9.18 Å². The third kappa shape index (κ3) is 2.91. The Hall–Kier alpha value is -2.23. The van der Waals surface area contributed by atoms with E-state index in [0.717, 1.165) is 11.3 Å². The average Bonchev–Trinajstić information content (AvgIpc) is 2.41. The standard InChI is InChI=1S/C14H13FN2O/c1-17(13-3-2-8-16-10-13)14(18)9-11-4-6-12(15)7-5-11/h2-8,10H,9H2,1H3. The Kier molecular flexibility index (Phi) is 3.67. The predicted molar refractivity (Wildman–Crippen MR) is 67.8 cm³/mol. The molecule has 0 unspecified atom stereocenters. The lowest BCUT2D eigenvalue weighted by Gasteiger charge is -2.16. The number of halogens is 1. The first-order valence-electron chi connectivity index (χ1n) is 5.58. The molecule has 18 heavy (non-hydrogen) atoms. The highest BCUT2D eigenvalue weighted by atomic mass is 19.1. The Morgan fingerprint density at radius 2 is 2.00 bits per heavy atom. The molecule has 1 aromatic heterocycles. The van der Waals surface area contributed by atoms with E-state index in [2.05, 4.69) is 4.98 Å². The van der Waals surface area contributed by atoms with Gasteiger partial charge in [0.05, 0.1) is 18.3 Å². The van der Waals surface area contributed by atoms with E-state index in [1.807, 2.05) is 6.07 Å². The van der Waals surface area contributed by atoms with E-state index in [0.29, 0.717) is 0 Å². The minimum atomic E-state index is -0.299. The van der Waals surface area contributed by atoms with Crippen LogP contribution >= 0.6 is 0 Å². The summed E-state index contributed by atoms with van der Waals surface area (Å²) in [5, 5.41) is 0. The summed E-state index contributed by atoms with van der Waals surface area (Å²) in [7, 11) is 1.70. The number of anilines is 1. The lowest BCUT2D eigenvalue weighted by atomic mass is 10.1. The van der Waals surface area contributed by atoms with Crippen molar-refractivity contribution in [2.75, 3.05) is 11.9 Å². The van der Waals surface area contributed by atoms with Crippen LogP contribution in [0.5, 0.6) is 0 Å². The van der Waals surface area contributed by atoms with Crippen LogP contribution in [0.25, 0.3) is 0 Å². The second kappa shape index (κ2) is 5.40. The molecule has 0 fully saturated rings. The number of hydrogen-bond donors (Lipinski definition) is 0. The smallest absolute Gasteiger partial charge is 0.231 e. The molecule has 2 aromatic rings. The van der Waals surface area contributed by atoms with Crippen molar-refractivity contribution < 1.29 is 9.18 Å². The zero-order valence-electron chi connectivity index (χ0n) is 10.0. The van der Waals surface area contributed by atoms with Gasteiger partial charge in [-0.3, -0.25) is 9.78 Å². The van der Waals surface area contributed by atoms with Crippen LogP contribution in [0.1, 0.15) is 5.56 Å². The largest absolute Gasteiger partial charge is 0.314 e. The van der Waals surface area contributed by atoms with E-state index in [1.165, 1.54) is 17.0 Å². The maximum atomic E-state index is 12.7. The molecule has 0 aliphatic heterocycles. The van der Waals surface area contributed by atoms with Gasteiger partial charge in [-0.05, 0) is 29.8 Å². The molecular formula is C14H13FN2O. The molecule has 0 bridgehead atoms. The molecule has 2 rings (SSSR count). The third-order valence-electron chi connectivity index (χ3n) is 2.68. The summed E-state index contributed by atoms with van der Waals surface area (Å²) in [5.74, 6) is -0.360. The fraction of sp³-hybridized carbons (Fsp3) is 0.143. The van der Waals surface area contributed by atoms with Crippen molar-refractivity contribution in [3.8, 4) is 0 Å². The molecule has 0 saturated heterocycles. The van der Waals surface area contributed by atoms with Crippen molar-refractivity contribution in [3.05, 3.63) is 60.2 Å². The molecule has 1 aromatic carbocycles. The Bertz CT molecular complexity index is 525. The van der Waals surface area contributed by atoms with Crippen LogP contribution in [0, 0.1) is 5.82 Å². The van der Waals surface area contributed by atoms with Crippen LogP contribution in [0.2, 0.25) is 0 Å². The summed E-state index contributed by atoms with van der Waals surface area (Å²) in [6.07, 6.45) is 3.52. The van der Waals surface area contributed by atoms with Crippen molar-refractivity contribution >= 4 is 11.6 Å². The first-order valence-corrected chi connectivity index (χ1v) is 5.58. The number of hydrogen-bond acceptors (Lipinski definition) is 2. The minimum absolute atomic E-state index is 0.0605.